The lowest BCUT2D eigenvalue weighted by Crippen LogP contribution is -2.37. The standard InChI is InChI=1S/C12H12Br2ClF3O/c13-5-11(6-14,7-19-8-12(16,17)18)9-1-3-10(15)4-2-9/h1-4H,5-8H2. The molecule has 0 fully saturated rings. The Morgan fingerprint density at radius 3 is 1.95 bits per heavy atom. The van der Waals surface area contributed by atoms with Crippen molar-refractivity contribution in [1.29, 1.82) is 0 Å². The monoisotopic (exact) mass is 422 g/mol. The van der Waals surface area contributed by atoms with Gasteiger partial charge in [0, 0.05) is 21.1 Å². The van der Waals surface area contributed by atoms with Crippen molar-refractivity contribution >= 4 is 43.5 Å². The number of ether oxygens (including phenoxy) is 1. The Morgan fingerprint density at radius 2 is 1.53 bits per heavy atom. The van der Waals surface area contributed by atoms with E-state index in [2.05, 4.69) is 31.9 Å². The Labute approximate surface area is 131 Å². The molecule has 0 spiro atoms. The van der Waals surface area contributed by atoms with Gasteiger partial charge in [-0.25, -0.2) is 0 Å². The summed E-state index contributed by atoms with van der Waals surface area (Å²) in [6, 6.07) is 7.00. The molecule has 0 aliphatic rings. The fraction of sp³-hybridized carbons (Fsp3) is 0.500. The highest BCUT2D eigenvalue weighted by molar-refractivity contribution is 9.09. The zero-order valence-corrected chi connectivity index (χ0v) is 13.7. The molecule has 1 aromatic carbocycles. The molecule has 0 radical (unpaired) electrons. The van der Waals surface area contributed by atoms with Crippen molar-refractivity contribution in [3.63, 3.8) is 0 Å². The van der Waals surface area contributed by atoms with E-state index in [1.165, 1.54) is 0 Å². The zero-order valence-electron chi connectivity index (χ0n) is 9.81. The molecule has 108 valence electrons. The molecule has 1 aromatic rings. The summed E-state index contributed by atoms with van der Waals surface area (Å²) in [4.78, 5) is 0. The van der Waals surface area contributed by atoms with Crippen LogP contribution in [0.1, 0.15) is 5.56 Å². The van der Waals surface area contributed by atoms with E-state index < -0.39 is 18.2 Å². The highest BCUT2D eigenvalue weighted by atomic mass is 79.9. The van der Waals surface area contributed by atoms with Crippen molar-refractivity contribution in [1.82, 2.24) is 0 Å². The molecular weight excluding hydrogens is 412 g/mol. The van der Waals surface area contributed by atoms with Crippen molar-refractivity contribution in [3.8, 4) is 0 Å². The molecule has 0 saturated heterocycles. The minimum atomic E-state index is -4.32. The minimum absolute atomic E-state index is 0.0371. The lowest BCUT2D eigenvalue weighted by Gasteiger charge is -2.30. The van der Waals surface area contributed by atoms with Crippen LogP contribution in [0.5, 0.6) is 0 Å². The van der Waals surface area contributed by atoms with Crippen LogP contribution in [0.4, 0.5) is 13.2 Å². The van der Waals surface area contributed by atoms with Gasteiger partial charge in [0.25, 0.3) is 0 Å². The molecule has 1 nitrogen and oxygen atoms in total. The number of rotatable bonds is 6. The molecule has 0 unspecified atom stereocenters. The summed E-state index contributed by atoms with van der Waals surface area (Å²) in [5.41, 5.74) is 0.309. The van der Waals surface area contributed by atoms with E-state index in [1.807, 2.05) is 0 Å². The predicted molar refractivity (Wildman–Crippen MR) is 77.6 cm³/mol. The van der Waals surface area contributed by atoms with Crippen LogP contribution in [0, 0.1) is 0 Å². The first kappa shape index (κ1) is 17.3. The quantitative estimate of drug-likeness (QED) is 0.588. The van der Waals surface area contributed by atoms with Crippen LogP contribution in [-0.4, -0.2) is 30.1 Å². The van der Waals surface area contributed by atoms with E-state index in [0.717, 1.165) is 5.56 Å². The molecule has 0 bridgehead atoms. The van der Waals surface area contributed by atoms with Gasteiger partial charge in [-0.15, -0.1) is 0 Å². The highest BCUT2D eigenvalue weighted by Crippen LogP contribution is 2.31. The van der Waals surface area contributed by atoms with Crippen molar-refractivity contribution < 1.29 is 17.9 Å². The van der Waals surface area contributed by atoms with Crippen molar-refractivity contribution in [3.05, 3.63) is 34.9 Å². The summed E-state index contributed by atoms with van der Waals surface area (Å²) in [7, 11) is 0. The van der Waals surface area contributed by atoms with Gasteiger partial charge in [0.15, 0.2) is 0 Å². The van der Waals surface area contributed by atoms with Crippen molar-refractivity contribution in [2.45, 2.75) is 11.6 Å². The van der Waals surface area contributed by atoms with Gasteiger partial charge in [-0.2, -0.15) is 13.2 Å². The van der Waals surface area contributed by atoms with E-state index in [9.17, 15) is 13.2 Å². The summed E-state index contributed by atoms with van der Waals surface area (Å²) in [6.07, 6.45) is -4.32. The molecule has 19 heavy (non-hydrogen) atoms. The SMILES string of the molecule is FC(F)(F)COCC(CBr)(CBr)c1ccc(Cl)cc1. The van der Waals surface area contributed by atoms with Crippen LogP contribution in [0.25, 0.3) is 0 Å². The fourth-order valence-corrected chi connectivity index (χ4v) is 3.54. The van der Waals surface area contributed by atoms with Crippen LogP contribution in [0.15, 0.2) is 24.3 Å². The third-order valence-electron chi connectivity index (χ3n) is 2.61. The lowest BCUT2D eigenvalue weighted by molar-refractivity contribution is -0.176. The number of benzene rings is 1. The molecule has 0 heterocycles. The summed E-state index contributed by atoms with van der Waals surface area (Å²) in [6.45, 7) is -1.28. The zero-order chi connectivity index (χ0) is 14.5. The molecule has 7 heteroatoms. The highest BCUT2D eigenvalue weighted by Gasteiger charge is 2.34. The van der Waals surface area contributed by atoms with E-state index in [4.69, 9.17) is 16.3 Å². The third-order valence-corrected chi connectivity index (χ3v) is 5.01. The van der Waals surface area contributed by atoms with Crippen LogP contribution in [0.3, 0.4) is 0 Å². The maximum atomic E-state index is 12.1. The Bertz CT molecular complexity index is 391. The lowest BCUT2D eigenvalue weighted by atomic mass is 9.85. The summed E-state index contributed by atoms with van der Waals surface area (Å²) in [5, 5.41) is 1.54. The number of hydrogen-bond donors (Lipinski definition) is 0. The molecule has 0 saturated carbocycles. The molecule has 0 aromatic heterocycles. The van der Waals surface area contributed by atoms with Gasteiger partial charge in [-0.1, -0.05) is 55.6 Å². The number of halogens is 6. The molecule has 0 aliphatic heterocycles. The second-order valence-electron chi connectivity index (χ2n) is 4.16. The van der Waals surface area contributed by atoms with Gasteiger partial charge in [-0.3, -0.25) is 0 Å². The third kappa shape index (κ3) is 5.25. The Hall–Kier alpha value is 0.220. The molecule has 0 amide bonds. The van der Waals surface area contributed by atoms with E-state index >= 15 is 0 Å². The van der Waals surface area contributed by atoms with Gasteiger partial charge in [-0.05, 0) is 17.7 Å². The summed E-state index contributed by atoms with van der Waals surface area (Å²) >= 11 is 12.5. The van der Waals surface area contributed by atoms with Gasteiger partial charge in [0.2, 0.25) is 0 Å². The molecule has 0 N–H and O–H groups in total. The van der Waals surface area contributed by atoms with Gasteiger partial charge < -0.3 is 4.74 Å². The second-order valence-corrected chi connectivity index (χ2v) is 5.72. The Kier molecular flexibility index (Phi) is 6.63. The van der Waals surface area contributed by atoms with E-state index in [0.29, 0.717) is 15.7 Å². The number of hydrogen-bond acceptors (Lipinski definition) is 1. The van der Waals surface area contributed by atoms with E-state index in [1.54, 1.807) is 24.3 Å². The summed E-state index contributed by atoms with van der Waals surface area (Å²) in [5.74, 6) is 0. The Balaban J connectivity index is 2.82. The van der Waals surface area contributed by atoms with Gasteiger partial charge in [0.1, 0.15) is 6.61 Å². The topological polar surface area (TPSA) is 9.23 Å². The first-order valence-electron chi connectivity index (χ1n) is 5.35. The maximum Gasteiger partial charge on any atom is 0.411 e. The largest absolute Gasteiger partial charge is 0.411 e. The first-order chi connectivity index (χ1) is 8.83. The molecule has 0 aliphatic carbocycles. The molecule has 1 rings (SSSR count). The van der Waals surface area contributed by atoms with Crippen LogP contribution < -0.4 is 0 Å². The van der Waals surface area contributed by atoms with Crippen LogP contribution >= 0.6 is 43.5 Å². The van der Waals surface area contributed by atoms with Crippen LogP contribution in [0.2, 0.25) is 5.02 Å². The molecular formula is C12H12Br2ClF3O. The second kappa shape index (κ2) is 7.29. The smallest absolute Gasteiger partial charge is 0.371 e. The average molecular weight is 424 g/mol. The van der Waals surface area contributed by atoms with E-state index in [-0.39, 0.29) is 6.61 Å². The fourth-order valence-electron chi connectivity index (χ4n) is 1.52. The van der Waals surface area contributed by atoms with Crippen molar-refractivity contribution in [2.75, 3.05) is 23.9 Å². The first-order valence-corrected chi connectivity index (χ1v) is 7.97. The maximum absolute atomic E-state index is 12.1. The number of alkyl halides is 5. The molecule has 0 atom stereocenters. The summed E-state index contributed by atoms with van der Waals surface area (Å²) < 4.78 is 41.2. The normalized spacial score (nSPS) is 12.7. The average Bonchev–Trinajstić information content (AvgIpc) is 2.35. The predicted octanol–water partition coefficient (Wildman–Crippen LogP) is 4.95. The Morgan fingerprint density at radius 1 is 1.00 bits per heavy atom. The van der Waals surface area contributed by atoms with Crippen LogP contribution in [-0.2, 0) is 10.2 Å². The minimum Gasteiger partial charge on any atom is -0.371 e. The van der Waals surface area contributed by atoms with Gasteiger partial charge >= 0.3 is 6.18 Å². The van der Waals surface area contributed by atoms with Crippen molar-refractivity contribution in [2.24, 2.45) is 0 Å². The van der Waals surface area contributed by atoms with Gasteiger partial charge in [0.05, 0.1) is 6.61 Å².